The predicted octanol–water partition coefficient (Wildman–Crippen LogP) is 5.15. The molecule has 2 aromatic rings. The summed E-state index contributed by atoms with van der Waals surface area (Å²) in [5.74, 6) is -1.08. The third-order valence-electron chi connectivity index (χ3n) is 6.19. The first-order chi connectivity index (χ1) is 15.6. The molecule has 1 amide bonds. The van der Waals surface area contributed by atoms with E-state index in [1.165, 1.54) is 31.7 Å². The third kappa shape index (κ3) is 6.09. The minimum Gasteiger partial charge on any atom is -0.469 e. The van der Waals surface area contributed by atoms with E-state index in [1.54, 1.807) is 13.0 Å². The number of methoxy groups -OCH3 is 1. The molecule has 0 radical (unpaired) electrons. The zero-order valence-electron chi connectivity index (χ0n) is 18.8. The lowest BCUT2D eigenvalue weighted by Crippen LogP contribution is -2.18. The van der Waals surface area contributed by atoms with E-state index in [9.17, 15) is 22.8 Å². The SMILES string of the molecule is COC(=O)CCc1c(-c2cccc(OC(F)(F)F)c2)c(C(N)=O)c(C)n1CC1CCCCC1. The van der Waals surface area contributed by atoms with Gasteiger partial charge in [0.25, 0.3) is 5.91 Å². The quantitative estimate of drug-likeness (QED) is 0.546. The first-order valence-electron chi connectivity index (χ1n) is 11.1. The molecule has 1 heterocycles. The van der Waals surface area contributed by atoms with E-state index >= 15 is 0 Å². The maximum absolute atomic E-state index is 12.8. The molecule has 0 aliphatic heterocycles. The molecule has 0 spiro atoms. The van der Waals surface area contributed by atoms with Crippen molar-refractivity contribution in [2.45, 2.75) is 64.8 Å². The molecule has 0 atom stereocenters. The summed E-state index contributed by atoms with van der Waals surface area (Å²) in [5.41, 5.74) is 8.11. The second kappa shape index (κ2) is 10.3. The Hall–Kier alpha value is -2.97. The first kappa shape index (κ1) is 24.7. The van der Waals surface area contributed by atoms with Crippen LogP contribution in [-0.2, 0) is 22.5 Å². The van der Waals surface area contributed by atoms with Crippen LogP contribution in [-0.4, -0.2) is 29.9 Å². The number of aromatic nitrogens is 1. The van der Waals surface area contributed by atoms with Crippen LogP contribution in [0.25, 0.3) is 11.1 Å². The number of amides is 1. The highest BCUT2D eigenvalue weighted by molar-refractivity contribution is 6.02. The number of alkyl halides is 3. The van der Waals surface area contributed by atoms with Gasteiger partial charge in [-0.25, -0.2) is 0 Å². The zero-order chi connectivity index (χ0) is 24.2. The maximum atomic E-state index is 12.8. The molecular formula is C24H29F3N2O4. The smallest absolute Gasteiger partial charge is 0.469 e. The highest BCUT2D eigenvalue weighted by atomic mass is 19.4. The van der Waals surface area contributed by atoms with Gasteiger partial charge in [-0.3, -0.25) is 9.59 Å². The molecular weight excluding hydrogens is 437 g/mol. The maximum Gasteiger partial charge on any atom is 0.573 e. The molecule has 3 rings (SSSR count). The van der Waals surface area contributed by atoms with Gasteiger partial charge in [-0.15, -0.1) is 13.2 Å². The van der Waals surface area contributed by atoms with Crippen LogP contribution in [0.15, 0.2) is 24.3 Å². The molecule has 1 aliphatic rings. The summed E-state index contributed by atoms with van der Waals surface area (Å²) in [6.45, 7) is 2.44. The van der Waals surface area contributed by atoms with Crippen LogP contribution in [0.4, 0.5) is 13.2 Å². The fourth-order valence-corrected chi connectivity index (χ4v) is 4.72. The minimum absolute atomic E-state index is 0.0641. The summed E-state index contributed by atoms with van der Waals surface area (Å²) in [7, 11) is 1.29. The average Bonchev–Trinajstić information content (AvgIpc) is 3.03. The highest BCUT2D eigenvalue weighted by Crippen LogP contribution is 2.37. The normalized spacial score (nSPS) is 14.8. The van der Waals surface area contributed by atoms with Crippen LogP contribution in [0.2, 0.25) is 0 Å². The number of hydrogen-bond acceptors (Lipinski definition) is 4. The van der Waals surface area contributed by atoms with E-state index in [-0.39, 0.29) is 18.4 Å². The van der Waals surface area contributed by atoms with Gasteiger partial charge < -0.3 is 19.8 Å². The van der Waals surface area contributed by atoms with Crippen LogP contribution >= 0.6 is 0 Å². The standard InChI is InChI=1S/C24H29F3N2O4/c1-15-21(23(28)31)22(17-9-6-10-18(13-17)33-24(25,26)27)19(11-12-20(30)32-2)29(15)14-16-7-4-3-5-8-16/h6,9-10,13,16H,3-5,7-8,11-12,14H2,1-2H3,(H2,28,31). The largest absolute Gasteiger partial charge is 0.573 e. The van der Waals surface area contributed by atoms with Gasteiger partial charge in [0.15, 0.2) is 0 Å². The van der Waals surface area contributed by atoms with Crippen molar-refractivity contribution in [3.8, 4) is 16.9 Å². The second-order valence-electron chi connectivity index (χ2n) is 8.41. The van der Waals surface area contributed by atoms with E-state index in [0.29, 0.717) is 35.0 Å². The summed E-state index contributed by atoms with van der Waals surface area (Å²) < 4.78 is 49.2. The third-order valence-corrected chi connectivity index (χ3v) is 6.19. The number of benzene rings is 1. The molecule has 0 unspecified atom stereocenters. The van der Waals surface area contributed by atoms with Crippen LogP contribution in [0.5, 0.6) is 5.75 Å². The Bertz CT molecular complexity index is 1010. The summed E-state index contributed by atoms with van der Waals surface area (Å²) >= 11 is 0. The Morgan fingerprint density at radius 2 is 1.88 bits per heavy atom. The summed E-state index contributed by atoms with van der Waals surface area (Å²) in [4.78, 5) is 24.4. The number of nitrogens with zero attached hydrogens (tertiary/aromatic N) is 1. The number of carbonyl (C=O) groups is 2. The molecule has 0 bridgehead atoms. The summed E-state index contributed by atoms with van der Waals surface area (Å²) in [6.07, 6.45) is 1.06. The lowest BCUT2D eigenvalue weighted by atomic mass is 9.89. The van der Waals surface area contributed by atoms with Gasteiger partial charge in [-0.05, 0) is 49.8 Å². The molecule has 2 N–H and O–H groups in total. The zero-order valence-corrected chi connectivity index (χ0v) is 18.8. The lowest BCUT2D eigenvalue weighted by molar-refractivity contribution is -0.274. The van der Waals surface area contributed by atoms with Crippen molar-refractivity contribution < 1.29 is 32.2 Å². The Morgan fingerprint density at radius 1 is 1.18 bits per heavy atom. The Labute approximate surface area is 190 Å². The van der Waals surface area contributed by atoms with Crippen LogP contribution in [0.1, 0.15) is 60.3 Å². The van der Waals surface area contributed by atoms with E-state index < -0.39 is 24.0 Å². The molecule has 180 valence electrons. The molecule has 33 heavy (non-hydrogen) atoms. The van der Waals surface area contributed by atoms with E-state index in [2.05, 4.69) is 4.74 Å². The van der Waals surface area contributed by atoms with Crippen LogP contribution in [0.3, 0.4) is 0 Å². The molecule has 1 saturated carbocycles. The number of esters is 1. The molecule has 9 heteroatoms. The molecule has 1 aromatic heterocycles. The molecule has 0 saturated heterocycles. The van der Waals surface area contributed by atoms with Gasteiger partial charge in [0.2, 0.25) is 0 Å². The fraction of sp³-hybridized carbons (Fsp3) is 0.500. The van der Waals surface area contributed by atoms with Crippen molar-refractivity contribution in [3.05, 3.63) is 41.2 Å². The number of ether oxygens (including phenoxy) is 2. The summed E-state index contributed by atoms with van der Waals surface area (Å²) in [5, 5.41) is 0. The summed E-state index contributed by atoms with van der Waals surface area (Å²) in [6, 6.07) is 5.47. The molecule has 1 aromatic carbocycles. The van der Waals surface area contributed by atoms with Crippen molar-refractivity contribution >= 4 is 11.9 Å². The number of hydrogen-bond donors (Lipinski definition) is 1. The topological polar surface area (TPSA) is 83.6 Å². The van der Waals surface area contributed by atoms with Gasteiger partial charge in [-0.1, -0.05) is 31.4 Å². The van der Waals surface area contributed by atoms with Gasteiger partial charge in [-0.2, -0.15) is 0 Å². The monoisotopic (exact) mass is 466 g/mol. The first-order valence-corrected chi connectivity index (χ1v) is 11.1. The van der Waals surface area contributed by atoms with Crippen molar-refractivity contribution in [2.24, 2.45) is 11.7 Å². The molecule has 6 nitrogen and oxygen atoms in total. The number of nitrogens with two attached hydrogens (primary N) is 1. The highest BCUT2D eigenvalue weighted by Gasteiger charge is 2.32. The van der Waals surface area contributed by atoms with Gasteiger partial charge in [0, 0.05) is 23.5 Å². The van der Waals surface area contributed by atoms with E-state index in [4.69, 9.17) is 10.5 Å². The predicted molar refractivity (Wildman–Crippen MR) is 117 cm³/mol. The molecule has 1 aliphatic carbocycles. The van der Waals surface area contributed by atoms with Gasteiger partial charge in [0.05, 0.1) is 19.1 Å². The second-order valence-corrected chi connectivity index (χ2v) is 8.41. The minimum atomic E-state index is -4.85. The molecule has 1 fully saturated rings. The van der Waals surface area contributed by atoms with E-state index in [0.717, 1.165) is 25.7 Å². The van der Waals surface area contributed by atoms with Crippen molar-refractivity contribution in [3.63, 3.8) is 0 Å². The Kier molecular flexibility index (Phi) is 7.71. The van der Waals surface area contributed by atoms with Gasteiger partial charge >= 0.3 is 12.3 Å². The van der Waals surface area contributed by atoms with Crippen LogP contribution in [0, 0.1) is 12.8 Å². The van der Waals surface area contributed by atoms with Crippen molar-refractivity contribution in [2.75, 3.05) is 7.11 Å². The average molecular weight is 467 g/mol. The van der Waals surface area contributed by atoms with E-state index in [1.807, 2.05) is 4.57 Å². The lowest BCUT2D eigenvalue weighted by Gasteiger charge is -2.24. The Morgan fingerprint density at radius 3 is 2.48 bits per heavy atom. The number of primary amides is 1. The fourth-order valence-electron chi connectivity index (χ4n) is 4.72. The number of halogens is 3. The van der Waals surface area contributed by atoms with Crippen molar-refractivity contribution in [1.29, 1.82) is 0 Å². The number of carbonyl (C=O) groups excluding carboxylic acids is 2. The number of rotatable bonds is 8. The van der Waals surface area contributed by atoms with Crippen molar-refractivity contribution in [1.82, 2.24) is 4.57 Å². The van der Waals surface area contributed by atoms with Crippen LogP contribution < -0.4 is 10.5 Å². The van der Waals surface area contributed by atoms with Gasteiger partial charge in [0.1, 0.15) is 5.75 Å². The Balaban J connectivity index is 2.13.